The molecule has 3 aliphatic rings. The molecule has 0 heterocycles. The van der Waals surface area contributed by atoms with Crippen molar-refractivity contribution in [3.8, 4) is 23.3 Å². The van der Waals surface area contributed by atoms with Crippen molar-refractivity contribution in [1.82, 2.24) is 10.2 Å². The number of rotatable bonds is 4. The van der Waals surface area contributed by atoms with Gasteiger partial charge in [0.25, 0.3) is 0 Å². The molecule has 6 atom stereocenters. The number of Topliss-reactive ketones (excluding diaryl/α,β-unsaturated/α-hetero) is 4. The van der Waals surface area contributed by atoms with Gasteiger partial charge < -0.3 is 25.2 Å². The fourth-order valence-corrected chi connectivity index (χ4v) is 7.08. The van der Waals surface area contributed by atoms with Crippen LogP contribution in [0.1, 0.15) is 33.5 Å². The van der Waals surface area contributed by atoms with Gasteiger partial charge in [0.15, 0.2) is 34.7 Å². The van der Waals surface area contributed by atoms with Crippen LogP contribution in [0.15, 0.2) is 30.3 Å². The number of phenols is 1. The van der Waals surface area contributed by atoms with Crippen LogP contribution in [0.4, 0.5) is 5.69 Å². The highest BCUT2D eigenvalue weighted by atomic mass is 16.5. The van der Waals surface area contributed by atoms with Gasteiger partial charge in [-0.15, -0.1) is 0 Å². The predicted molar refractivity (Wildman–Crippen MR) is 160 cm³/mol. The number of aliphatic hydroxyl groups is 1. The van der Waals surface area contributed by atoms with E-state index in [0.29, 0.717) is 22.6 Å². The number of carbonyl (C=O) groups excluding carboxylic acids is 5. The summed E-state index contributed by atoms with van der Waals surface area (Å²) >= 11 is 0. The number of amides is 1. The Morgan fingerprint density at radius 3 is 2.27 bits per heavy atom. The smallest absolute Gasteiger partial charge is 0.238 e. The summed E-state index contributed by atoms with van der Waals surface area (Å²) in [5, 5.41) is 25.5. The number of ether oxygens (including phenoxy) is 1. The number of ketones is 4. The molecule has 0 spiro atoms. The molecular formula is C33H35N3O8. The molecule has 0 bridgehead atoms. The van der Waals surface area contributed by atoms with Crippen LogP contribution in [0, 0.1) is 35.5 Å². The molecule has 2 aromatic carbocycles. The molecule has 3 N–H and O–H groups in total. The standard InChI is InChI=1S/C33H35N3O8/c1-34-32(42)25-29(39)26(36(4)5)21-14-18-13-20-22(35(2)3)15-17(10-7-16-8-11-19(44-6)12-9-16)27(37)24(20)28(38)23(18)30(40)33(21,43)31(25)41/h8-9,11-12,15,18,21,23,25-26,37,43H,13-14H2,1-6H3,(H,34,42)/t18-,21-,23?,25?,26-,33-/m0/s1. The second-order valence-electron chi connectivity index (χ2n) is 12.0. The summed E-state index contributed by atoms with van der Waals surface area (Å²) < 4.78 is 5.18. The molecule has 1 amide bonds. The lowest BCUT2D eigenvalue weighted by Crippen LogP contribution is -2.74. The van der Waals surface area contributed by atoms with Crippen LogP contribution in [0.3, 0.4) is 0 Å². The second kappa shape index (κ2) is 11.2. The van der Waals surface area contributed by atoms with E-state index in [1.165, 1.54) is 11.9 Å². The van der Waals surface area contributed by atoms with Crippen molar-refractivity contribution in [3.05, 3.63) is 52.6 Å². The van der Waals surface area contributed by atoms with E-state index in [9.17, 15) is 34.2 Å². The highest BCUT2D eigenvalue weighted by Gasteiger charge is 2.69. The fraction of sp³-hybridized carbons (Fsp3) is 0.424. The number of anilines is 1. The fourth-order valence-electron chi connectivity index (χ4n) is 7.08. The summed E-state index contributed by atoms with van der Waals surface area (Å²) in [5.41, 5.74) is -0.871. The van der Waals surface area contributed by atoms with Gasteiger partial charge in [-0.3, -0.25) is 28.9 Å². The van der Waals surface area contributed by atoms with Gasteiger partial charge in [-0.25, -0.2) is 0 Å². The summed E-state index contributed by atoms with van der Waals surface area (Å²) in [6.45, 7) is 0. The van der Waals surface area contributed by atoms with Crippen molar-refractivity contribution in [3.63, 3.8) is 0 Å². The second-order valence-corrected chi connectivity index (χ2v) is 12.0. The maximum Gasteiger partial charge on any atom is 0.238 e. The van der Waals surface area contributed by atoms with Gasteiger partial charge in [0.2, 0.25) is 5.91 Å². The number of benzene rings is 2. The molecule has 44 heavy (non-hydrogen) atoms. The van der Waals surface area contributed by atoms with Gasteiger partial charge in [-0.1, -0.05) is 11.8 Å². The maximum absolute atomic E-state index is 14.2. The Morgan fingerprint density at radius 1 is 1.05 bits per heavy atom. The number of phenolic OH excluding ortho intramolecular Hbond substituents is 1. The van der Waals surface area contributed by atoms with E-state index in [1.807, 2.05) is 0 Å². The van der Waals surface area contributed by atoms with E-state index < -0.39 is 70.1 Å². The minimum absolute atomic E-state index is 0.00549. The lowest BCUT2D eigenvalue weighted by Gasteiger charge is -2.52. The Morgan fingerprint density at radius 2 is 1.70 bits per heavy atom. The number of likely N-dealkylation sites (N-methyl/N-ethyl adjacent to an activating group) is 1. The third-order valence-corrected chi connectivity index (χ3v) is 9.18. The SMILES string of the molecule is CNC(=O)C1C(=O)[C@@H](N(C)C)[C@@H]2C[C@@H]3Cc4c(N(C)C)cc(C#Cc5ccc(OC)cc5)c(O)c4C(=O)C3C(=O)[C@]2(O)C1=O. The van der Waals surface area contributed by atoms with Crippen LogP contribution in [0.5, 0.6) is 11.5 Å². The van der Waals surface area contributed by atoms with E-state index in [-0.39, 0.29) is 24.0 Å². The molecule has 3 aliphatic carbocycles. The van der Waals surface area contributed by atoms with E-state index in [4.69, 9.17) is 4.74 Å². The lowest BCUT2D eigenvalue weighted by atomic mass is 9.52. The van der Waals surface area contributed by atoms with Crippen LogP contribution >= 0.6 is 0 Å². The monoisotopic (exact) mass is 601 g/mol. The van der Waals surface area contributed by atoms with Gasteiger partial charge in [0.1, 0.15) is 11.5 Å². The number of aromatic hydroxyl groups is 1. The van der Waals surface area contributed by atoms with Crippen LogP contribution < -0.4 is 15.0 Å². The zero-order valence-electron chi connectivity index (χ0n) is 25.4. The summed E-state index contributed by atoms with van der Waals surface area (Å²) in [7, 11) is 9.53. The molecule has 5 rings (SSSR count). The molecule has 11 heteroatoms. The summed E-state index contributed by atoms with van der Waals surface area (Å²) in [4.78, 5) is 71.4. The number of hydrogen-bond donors (Lipinski definition) is 3. The average molecular weight is 602 g/mol. The Labute approximate surface area is 255 Å². The molecule has 2 aromatic rings. The predicted octanol–water partition coefficient (Wildman–Crippen LogP) is 0.602. The van der Waals surface area contributed by atoms with Gasteiger partial charge >= 0.3 is 0 Å². The number of nitrogens with one attached hydrogen (secondary N) is 1. The maximum atomic E-state index is 14.2. The van der Waals surface area contributed by atoms with Crippen LogP contribution in [0.2, 0.25) is 0 Å². The highest BCUT2D eigenvalue weighted by Crippen LogP contribution is 2.52. The molecule has 2 fully saturated rings. The number of fused-ring (bicyclic) bond motifs is 3. The zero-order chi connectivity index (χ0) is 32.2. The summed E-state index contributed by atoms with van der Waals surface area (Å²) in [6.07, 6.45) is 0.185. The largest absolute Gasteiger partial charge is 0.506 e. The third-order valence-electron chi connectivity index (χ3n) is 9.18. The van der Waals surface area contributed by atoms with Crippen molar-refractivity contribution in [2.24, 2.45) is 23.7 Å². The minimum atomic E-state index is -2.74. The Kier molecular flexibility index (Phi) is 7.86. The normalized spacial score (nSPS) is 27.5. The first kappa shape index (κ1) is 30.9. The van der Waals surface area contributed by atoms with Gasteiger partial charge in [-0.05, 0) is 68.8 Å². The van der Waals surface area contributed by atoms with Gasteiger partial charge in [0, 0.05) is 38.3 Å². The van der Waals surface area contributed by atoms with E-state index >= 15 is 0 Å². The molecule has 2 saturated carbocycles. The molecular weight excluding hydrogens is 566 g/mol. The number of hydrogen-bond acceptors (Lipinski definition) is 10. The van der Waals surface area contributed by atoms with Crippen molar-refractivity contribution < 1.29 is 38.9 Å². The lowest BCUT2D eigenvalue weighted by molar-refractivity contribution is -0.181. The summed E-state index contributed by atoms with van der Waals surface area (Å²) in [5.74, 6) is -3.63. The van der Waals surface area contributed by atoms with E-state index in [2.05, 4.69) is 17.2 Å². The first-order valence-corrected chi connectivity index (χ1v) is 14.3. The first-order chi connectivity index (χ1) is 20.8. The molecule has 2 unspecified atom stereocenters. The third kappa shape index (κ3) is 4.57. The first-order valence-electron chi connectivity index (χ1n) is 14.3. The van der Waals surface area contributed by atoms with Crippen LogP contribution in [-0.2, 0) is 25.6 Å². The molecule has 230 valence electrons. The van der Waals surface area contributed by atoms with E-state index in [1.54, 1.807) is 70.5 Å². The Balaban J connectivity index is 1.62. The number of methoxy groups -OCH3 is 1. The van der Waals surface area contributed by atoms with Crippen molar-refractivity contribution in [2.75, 3.05) is 47.2 Å². The number of nitrogens with zero attached hydrogens (tertiary/aromatic N) is 2. The average Bonchev–Trinajstić information content (AvgIpc) is 2.98. The topological polar surface area (TPSA) is 154 Å². The Hall–Kier alpha value is -4.53. The van der Waals surface area contributed by atoms with Gasteiger partial charge in [0.05, 0.1) is 30.2 Å². The molecule has 0 aromatic heterocycles. The minimum Gasteiger partial charge on any atom is -0.506 e. The van der Waals surface area contributed by atoms with E-state index in [0.717, 1.165) is 0 Å². The molecule has 0 aliphatic heterocycles. The van der Waals surface area contributed by atoms with Crippen LogP contribution in [-0.4, -0.2) is 98.1 Å². The highest BCUT2D eigenvalue weighted by molar-refractivity contribution is 6.32. The summed E-state index contributed by atoms with van der Waals surface area (Å²) in [6, 6.07) is 7.56. The van der Waals surface area contributed by atoms with Crippen molar-refractivity contribution in [2.45, 2.75) is 24.5 Å². The molecule has 0 radical (unpaired) electrons. The number of carbonyl (C=O) groups is 5. The van der Waals surface area contributed by atoms with Crippen molar-refractivity contribution in [1.29, 1.82) is 0 Å². The molecule has 11 nitrogen and oxygen atoms in total. The van der Waals surface area contributed by atoms with Gasteiger partial charge in [-0.2, -0.15) is 0 Å². The van der Waals surface area contributed by atoms with Crippen molar-refractivity contribution >= 4 is 34.7 Å². The zero-order valence-corrected chi connectivity index (χ0v) is 25.4. The quantitative estimate of drug-likeness (QED) is 0.336. The molecule has 0 saturated heterocycles. The van der Waals surface area contributed by atoms with Crippen LogP contribution in [0.25, 0.3) is 0 Å². The Bertz CT molecular complexity index is 1650.